The Kier molecular flexibility index (Phi) is 5.53. The Morgan fingerprint density at radius 1 is 1.36 bits per heavy atom. The second-order valence-electron chi connectivity index (χ2n) is 5.67. The summed E-state index contributed by atoms with van der Waals surface area (Å²) in [6.07, 6.45) is 2.86. The first-order chi connectivity index (χ1) is 12.0. The van der Waals surface area contributed by atoms with Gasteiger partial charge in [-0.3, -0.25) is 0 Å². The van der Waals surface area contributed by atoms with Crippen molar-refractivity contribution in [2.24, 2.45) is 0 Å². The monoisotopic (exact) mass is 380 g/mol. The highest BCUT2D eigenvalue weighted by molar-refractivity contribution is 7.89. The number of fused-ring (bicyclic) bond motifs is 1. The van der Waals surface area contributed by atoms with Crippen molar-refractivity contribution >= 4 is 37.4 Å². The van der Waals surface area contributed by atoms with Gasteiger partial charge in [-0.1, -0.05) is 11.6 Å². The van der Waals surface area contributed by atoms with E-state index in [1.807, 2.05) is 6.08 Å². The van der Waals surface area contributed by atoms with E-state index in [0.717, 1.165) is 35.2 Å². The van der Waals surface area contributed by atoms with Gasteiger partial charge in [-0.15, -0.1) is 11.3 Å². The van der Waals surface area contributed by atoms with Crippen molar-refractivity contribution in [1.29, 1.82) is 0 Å². The lowest BCUT2D eigenvalue weighted by Gasteiger charge is -2.14. The Labute approximate surface area is 150 Å². The molecule has 1 aromatic heterocycles. The molecular formula is C17H20N2O4S2. The Hall–Kier alpha value is -1.74. The van der Waals surface area contributed by atoms with Crippen LogP contribution in [0.4, 0.5) is 0 Å². The van der Waals surface area contributed by atoms with E-state index in [1.54, 1.807) is 31.2 Å². The van der Waals surface area contributed by atoms with E-state index in [9.17, 15) is 13.2 Å². The number of carbonyl (C=O) groups excluding carboxylic acids is 1. The molecule has 6 nitrogen and oxygen atoms in total. The molecule has 0 radical (unpaired) electrons. The van der Waals surface area contributed by atoms with Gasteiger partial charge in [-0.2, -0.15) is 0 Å². The summed E-state index contributed by atoms with van der Waals surface area (Å²) in [5.41, 5.74) is 1.09. The molecule has 0 unspecified atom stereocenters. The zero-order valence-corrected chi connectivity index (χ0v) is 15.5. The summed E-state index contributed by atoms with van der Waals surface area (Å²) in [4.78, 5) is 12.5. The highest BCUT2D eigenvalue weighted by atomic mass is 32.2. The zero-order valence-electron chi connectivity index (χ0n) is 13.9. The molecule has 3 rings (SSSR count). The van der Waals surface area contributed by atoms with Gasteiger partial charge in [0.2, 0.25) is 10.0 Å². The largest absolute Gasteiger partial charge is 0.462 e. The van der Waals surface area contributed by atoms with Crippen molar-refractivity contribution in [2.75, 3.05) is 26.2 Å². The molecule has 0 aliphatic carbocycles. The van der Waals surface area contributed by atoms with Gasteiger partial charge in [0.05, 0.1) is 11.5 Å². The van der Waals surface area contributed by atoms with Crippen LogP contribution in [0.2, 0.25) is 0 Å². The first-order valence-electron chi connectivity index (χ1n) is 8.08. The van der Waals surface area contributed by atoms with Crippen molar-refractivity contribution < 1.29 is 17.9 Å². The third kappa shape index (κ3) is 4.27. The zero-order chi connectivity index (χ0) is 17.9. The molecule has 0 atom stereocenters. The number of nitrogens with one attached hydrogen (secondary N) is 2. The number of hydrogen-bond donors (Lipinski definition) is 2. The minimum atomic E-state index is -3.60. The number of esters is 1. The van der Waals surface area contributed by atoms with Gasteiger partial charge in [0.25, 0.3) is 0 Å². The standard InChI is InChI=1S/C17H20N2O4S2/c1-2-23-17(20)16-10-13-9-14(3-4-15(13)24-16)25(21,22)19-11-12-5-7-18-8-6-12/h3-5,9-10,18-19H,2,6-8,11H2,1H3. The molecule has 8 heteroatoms. The first-order valence-corrected chi connectivity index (χ1v) is 10.4. The van der Waals surface area contributed by atoms with Gasteiger partial charge < -0.3 is 10.1 Å². The molecule has 0 saturated heterocycles. The molecule has 134 valence electrons. The third-order valence-electron chi connectivity index (χ3n) is 3.92. The predicted molar refractivity (Wildman–Crippen MR) is 98.5 cm³/mol. The Morgan fingerprint density at radius 3 is 2.92 bits per heavy atom. The number of benzene rings is 1. The van der Waals surface area contributed by atoms with E-state index in [4.69, 9.17) is 4.74 Å². The number of ether oxygens (including phenoxy) is 1. The summed E-state index contributed by atoms with van der Waals surface area (Å²) in [6, 6.07) is 6.55. The first kappa shape index (κ1) is 18.1. The van der Waals surface area contributed by atoms with Crippen LogP contribution in [-0.4, -0.2) is 40.6 Å². The summed E-state index contributed by atoms with van der Waals surface area (Å²) < 4.78 is 33.5. The minimum absolute atomic E-state index is 0.197. The van der Waals surface area contributed by atoms with Crippen molar-refractivity contribution in [3.8, 4) is 0 Å². The van der Waals surface area contributed by atoms with Crippen LogP contribution < -0.4 is 10.0 Å². The molecule has 2 N–H and O–H groups in total. The highest BCUT2D eigenvalue weighted by Gasteiger charge is 2.17. The normalized spacial score (nSPS) is 15.2. The van der Waals surface area contributed by atoms with Crippen LogP contribution in [0, 0.1) is 0 Å². The molecule has 1 aliphatic heterocycles. The smallest absolute Gasteiger partial charge is 0.348 e. The molecule has 0 fully saturated rings. The van der Waals surface area contributed by atoms with Crippen molar-refractivity contribution in [3.63, 3.8) is 0 Å². The fourth-order valence-electron chi connectivity index (χ4n) is 2.59. The second-order valence-corrected chi connectivity index (χ2v) is 8.52. The molecule has 1 aliphatic rings. The number of thiophene rings is 1. The molecule has 1 aromatic carbocycles. The van der Waals surface area contributed by atoms with Crippen LogP contribution in [0.1, 0.15) is 23.0 Å². The lowest BCUT2D eigenvalue weighted by Crippen LogP contribution is -2.29. The number of sulfonamides is 1. The average Bonchev–Trinajstić information content (AvgIpc) is 3.05. The van der Waals surface area contributed by atoms with E-state index >= 15 is 0 Å². The van der Waals surface area contributed by atoms with Crippen LogP contribution in [-0.2, 0) is 14.8 Å². The summed E-state index contributed by atoms with van der Waals surface area (Å²) in [5, 5.41) is 3.91. The van der Waals surface area contributed by atoms with Gasteiger partial charge in [0.15, 0.2) is 0 Å². The van der Waals surface area contributed by atoms with Gasteiger partial charge >= 0.3 is 5.97 Å². The summed E-state index contributed by atoms with van der Waals surface area (Å²) in [6.45, 7) is 4.01. The average molecular weight is 380 g/mol. The Morgan fingerprint density at radius 2 is 2.20 bits per heavy atom. The topological polar surface area (TPSA) is 84.5 Å². The fourth-order valence-corrected chi connectivity index (χ4v) is 4.60. The van der Waals surface area contributed by atoms with Crippen LogP contribution >= 0.6 is 11.3 Å². The molecule has 2 aromatic rings. The van der Waals surface area contributed by atoms with Gasteiger partial charge in [0, 0.05) is 17.8 Å². The van der Waals surface area contributed by atoms with Gasteiger partial charge in [-0.25, -0.2) is 17.9 Å². The number of carbonyl (C=O) groups is 1. The maximum Gasteiger partial charge on any atom is 0.348 e. The van der Waals surface area contributed by atoms with E-state index < -0.39 is 10.0 Å². The molecule has 2 heterocycles. The number of hydrogen-bond acceptors (Lipinski definition) is 6. The van der Waals surface area contributed by atoms with Gasteiger partial charge in [0.1, 0.15) is 4.88 Å². The molecule has 0 saturated carbocycles. The molecular weight excluding hydrogens is 360 g/mol. The molecule has 0 amide bonds. The summed E-state index contributed by atoms with van der Waals surface area (Å²) >= 11 is 1.29. The SMILES string of the molecule is CCOC(=O)c1cc2cc(S(=O)(=O)NCC3=CCNCC3)ccc2s1. The van der Waals surface area contributed by atoms with Gasteiger partial charge in [-0.05, 0) is 49.5 Å². The Balaban J connectivity index is 1.79. The summed E-state index contributed by atoms with van der Waals surface area (Å²) in [5.74, 6) is -0.385. The lowest BCUT2D eigenvalue weighted by molar-refractivity contribution is 0.0532. The fraction of sp³-hybridized carbons (Fsp3) is 0.353. The van der Waals surface area contributed by atoms with E-state index in [-0.39, 0.29) is 10.9 Å². The lowest BCUT2D eigenvalue weighted by atomic mass is 10.1. The quantitative estimate of drug-likeness (QED) is 0.593. The second kappa shape index (κ2) is 7.65. The van der Waals surface area contributed by atoms with Crippen molar-refractivity contribution in [2.45, 2.75) is 18.2 Å². The van der Waals surface area contributed by atoms with Crippen LogP contribution in [0.3, 0.4) is 0 Å². The van der Waals surface area contributed by atoms with Crippen LogP contribution in [0.15, 0.2) is 40.8 Å². The van der Waals surface area contributed by atoms with E-state index in [2.05, 4.69) is 10.0 Å². The number of rotatable bonds is 6. The maximum absolute atomic E-state index is 12.5. The maximum atomic E-state index is 12.5. The van der Waals surface area contributed by atoms with Crippen molar-refractivity contribution in [1.82, 2.24) is 10.0 Å². The van der Waals surface area contributed by atoms with Crippen LogP contribution in [0.25, 0.3) is 10.1 Å². The van der Waals surface area contributed by atoms with Crippen molar-refractivity contribution in [3.05, 3.63) is 40.8 Å². The van der Waals surface area contributed by atoms with Crippen LogP contribution in [0.5, 0.6) is 0 Å². The predicted octanol–water partition coefficient (Wildman–Crippen LogP) is 2.28. The Bertz CT molecular complexity index is 916. The summed E-state index contributed by atoms with van der Waals surface area (Å²) in [7, 11) is -3.60. The third-order valence-corrected chi connectivity index (χ3v) is 6.42. The minimum Gasteiger partial charge on any atom is -0.462 e. The molecule has 0 bridgehead atoms. The molecule has 0 spiro atoms. The highest BCUT2D eigenvalue weighted by Crippen LogP contribution is 2.28. The van der Waals surface area contributed by atoms with E-state index in [1.165, 1.54) is 11.3 Å². The van der Waals surface area contributed by atoms with E-state index in [0.29, 0.717) is 18.0 Å². The molecule has 25 heavy (non-hydrogen) atoms.